The molecule has 4 heterocycles. The van der Waals surface area contributed by atoms with Crippen molar-refractivity contribution in [1.82, 2.24) is 25.0 Å². The maximum absolute atomic E-state index is 13.7. The van der Waals surface area contributed by atoms with E-state index in [2.05, 4.69) is 15.2 Å². The quantitative estimate of drug-likeness (QED) is 0.392. The van der Waals surface area contributed by atoms with Crippen molar-refractivity contribution in [2.75, 3.05) is 44.7 Å². The monoisotopic (exact) mass is 600 g/mol. The van der Waals surface area contributed by atoms with Crippen LogP contribution in [0.2, 0.25) is 5.02 Å². The number of likely N-dealkylation sites (tertiary alicyclic amines) is 2. The fourth-order valence-electron chi connectivity index (χ4n) is 5.91. The number of rotatable bonds is 6. The van der Waals surface area contributed by atoms with Crippen LogP contribution in [-0.2, 0) is 11.0 Å². The van der Waals surface area contributed by atoms with E-state index < -0.39 is 11.7 Å². The number of hydrogen-bond donors (Lipinski definition) is 0. The zero-order valence-electron chi connectivity index (χ0n) is 23.4. The molecule has 0 spiro atoms. The molecule has 222 valence electrons. The predicted octanol–water partition coefficient (Wildman–Crippen LogP) is 5.08. The van der Waals surface area contributed by atoms with Crippen molar-refractivity contribution in [3.8, 4) is 0 Å². The van der Waals surface area contributed by atoms with Crippen LogP contribution in [0.25, 0.3) is 0 Å². The van der Waals surface area contributed by atoms with Gasteiger partial charge in [-0.15, -0.1) is 0 Å². The summed E-state index contributed by atoms with van der Waals surface area (Å²) in [5, 5.41) is 8.40. The van der Waals surface area contributed by atoms with Crippen LogP contribution >= 0.6 is 11.6 Å². The number of carbonyl (C=O) groups is 2. The SMILES string of the molecule is Cc1cc(C(=O)N2CCC(C(=O)N3C[C@@H](CN(C)c4ccc(C(F)(F)F)cn4)[C@H](c4ccc(Cl)cc4)C3)CC2)cnn1. The first kappa shape index (κ1) is 29.8. The van der Waals surface area contributed by atoms with E-state index in [9.17, 15) is 22.8 Å². The van der Waals surface area contributed by atoms with Crippen LogP contribution in [0, 0.1) is 18.8 Å². The number of aryl methyl sites for hydroxylation is 1. The lowest BCUT2D eigenvalue weighted by molar-refractivity contribution is -0.138. The van der Waals surface area contributed by atoms with Gasteiger partial charge >= 0.3 is 6.18 Å². The van der Waals surface area contributed by atoms with Crippen molar-refractivity contribution in [1.29, 1.82) is 0 Å². The Labute approximate surface area is 247 Å². The summed E-state index contributed by atoms with van der Waals surface area (Å²) in [7, 11) is 1.80. The summed E-state index contributed by atoms with van der Waals surface area (Å²) in [6.07, 6.45) is -0.995. The summed E-state index contributed by atoms with van der Waals surface area (Å²) in [4.78, 5) is 36.2. The molecule has 5 rings (SSSR count). The number of hydrogen-bond acceptors (Lipinski definition) is 6. The van der Waals surface area contributed by atoms with Crippen LogP contribution in [-0.4, -0.2) is 76.6 Å². The molecule has 3 aromatic rings. The molecule has 0 unspecified atom stereocenters. The third-order valence-corrected chi connectivity index (χ3v) is 8.43. The molecular weight excluding hydrogens is 569 g/mol. The zero-order chi connectivity index (χ0) is 30.0. The standard InChI is InChI=1S/C30H32ClF3N6O2/c1-19-13-22(14-36-37-19)29(42)39-11-9-21(10-12-39)28(41)40-17-23(26(18-40)20-3-6-25(31)7-4-20)16-38(2)27-8-5-24(15-35-27)30(32,33)34/h3-8,13-15,21,23,26H,9-12,16-18H2,1-2H3/t23-,26+/m1/s1. The summed E-state index contributed by atoms with van der Waals surface area (Å²) in [5.41, 5.74) is 1.42. The van der Waals surface area contributed by atoms with E-state index in [4.69, 9.17) is 11.6 Å². The Balaban J connectivity index is 1.26. The highest BCUT2D eigenvalue weighted by Crippen LogP contribution is 2.36. The third kappa shape index (κ3) is 6.67. The van der Waals surface area contributed by atoms with Gasteiger partial charge in [0.2, 0.25) is 5.91 Å². The van der Waals surface area contributed by atoms with Crippen LogP contribution < -0.4 is 4.90 Å². The predicted molar refractivity (Wildman–Crippen MR) is 152 cm³/mol. The van der Waals surface area contributed by atoms with Gasteiger partial charge in [-0.1, -0.05) is 23.7 Å². The number of anilines is 1. The largest absolute Gasteiger partial charge is 0.417 e. The summed E-state index contributed by atoms with van der Waals surface area (Å²) in [5.74, 6) is 0.244. The van der Waals surface area contributed by atoms with E-state index >= 15 is 0 Å². The second-order valence-electron chi connectivity index (χ2n) is 11.1. The summed E-state index contributed by atoms with van der Waals surface area (Å²) < 4.78 is 39.0. The number of nitrogens with zero attached hydrogens (tertiary/aromatic N) is 6. The maximum Gasteiger partial charge on any atom is 0.417 e. The van der Waals surface area contributed by atoms with Crippen LogP contribution in [0.4, 0.5) is 19.0 Å². The molecule has 2 saturated heterocycles. The van der Waals surface area contributed by atoms with E-state index in [1.165, 1.54) is 12.3 Å². The molecule has 0 aliphatic carbocycles. The fraction of sp³-hybridized carbons (Fsp3) is 0.433. The average Bonchev–Trinajstić information content (AvgIpc) is 3.40. The molecule has 2 atom stereocenters. The van der Waals surface area contributed by atoms with E-state index in [-0.39, 0.29) is 29.6 Å². The fourth-order valence-corrected chi connectivity index (χ4v) is 6.04. The van der Waals surface area contributed by atoms with Gasteiger partial charge in [-0.05, 0) is 55.7 Å². The highest BCUT2D eigenvalue weighted by atomic mass is 35.5. The van der Waals surface area contributed by atoms with E-state index in [1.54, 1.807) is 24.9 Å². The van der Waals surface area contributed by atoms with Gasteiger partial charge in [-0.2, -0.15) is 23.4 Å². The first-order chi connectivity index (χ1) is 20.0. The molecule has 2 aromatic heterocycles. The van der Waals surface area contributed by atoms with Gasteiger partial charge in [0, 0.05) is 68.7 Å². The van der Waals surface area contributed by atoms with E-state index in [0.717, 1.165) is 17.8 Å². The van der Waals surface area contributed by atoms with Gasteiger partial charge in [0.15, 0.2) is 0 Å². The second-order valence-corrected chi connectivity index (χ2v) is 11.5. The topological polar surface area (TPSA) is 82.5 Å². The minimum atomic E-state index is -4.45. The second kappa shape index (κ2) is 12.2. The van der Waals surface area contributed by atoms with E-state index in [1.807, 2.05) is 34.1 Å². The lowest BCUT2D eigenvalue weighted by Crippen LogP contribution is -2.44. The van der Waals surface area contributed by atoms with Gasteiger partial charge in [0.05, 0.1) is 23.0 Å². The van der Waals surface area contributed by atoms with Crippen molar-refractivity contribution >= 4 is 29.2 Å². The molecule has 2 amide bonds. The molecular formula is C30H32ClF3N6O2. The number of pyridine rings is 1. The molecule has 8 nitrogen and oxygen atoms in total. The minimum Gasteiger partial charge on any atom is -0.359 e. The lowest BCUT2D eigenvalue weighted by atomic mass is 9.88. The Morgan fingerprint density at radius 2 is 1.74 bits per heavy atom. The van der Waals surface area contributed by atoms with Crippen molar-refractivity contribution in [3.05, 3.63) is 82.3 Å². The molecule has 2 fully saturated rings. The van der Waals surface area contributed by atoms with Crippen LogP contribution in [0.3, 0.4) is 0 Å². The Morgan fingerprint density at radius 1 is 1.02 bits per heavy atom. The number of alkyl halides is 3. The summed E-state index contributed by atoms with van der Waals surface area (Å²) in [6, 6.07) is 11.7. The van der Waals surface area contributed by atoms with E-state index in [0.29, 0.717) is 67.7 Å². The lowest BCUT2D eigenvalue weighted by Gasteiger charge is -2.33. The number of benzene rings is 1. The van der Waals surface area contributed by atoms with Crippen LogP contribution in [0.15, 0.2) is 54.9 Å². The van der Waals surface area contributed by atoms with Crippen LogP contribution in [0.1, 0.15) is 45.9 Å². The molecule has 1 aromatic carbocycles. The summed E-state index contributed by atoms with van der Waals surface area (Å²) >= 11 is 6.13. The molecule has 0 N–H and O–H groups in total. The molecule has 42 heavy (non-hydrogen) atoms. The zero-order valence-corrected chi connectivity index (χ0v) is 24.1. The number of carbonyl (C=O) groups excluding carboxylic acids is 2. The normalized spacial score (nSPS) is 19.7. The Morgan fingerprint density at radius 3 is 2.36 bits per heavy atom. The first-order valence-electron chi connectivity index (χ1n) is 13.9. The molecule has 2 aliphatic heterocycles. The molecule has 12 heteroatoms. The van der Waals surface area contributed by atoms with Gasteiger partial charge < -0.3 is 14.7 Å². The van der Waals surface area contributed by atoms with Crippen molar-refractivity contribution in [2.24, 2.45) is 11.8 Å². The average molecular weight is 601 g/mol. The molecule has 0 bridgehead atoms. The van der Waals surface area contributed by atoms with Gasteiger partial charge in [-0.3, -0.25) is 9.59 Å². The molecule has 2 aliphatic rings. The Bertz CT molecular complexity index is 1410. The highest BCUT2D eigenvalue weighted by molar-refractivity contribution is 6.30. The van der Waals surface area contributed by atoms with Crippen LogP contribution in [0.5, 0.6) is 0 Å². The number of piperidine rings is 1. The van der Waals surface area contributed by atoms with Gasteiger partial charge in [-0.25, -0.2) is 4.98 Å². The summed E-state index contributed by atoms with van der Waals surface area (Å²) in [6.45, 7) is 4.29. The minimum absolute atomic E-state index is 0.0206. The molecule has 0 radical (unpaired) electrons. The smallest absolute Gasteiger partial charge is 0.359 e. The van der Waals surface area contributed by atoms with Gasteiger partial charge in [0.25, 0.3) is 5.91 Å². The van der Waals surface area contributed by atoms with Crippen molar-refractivity contribution in [2.45, 2.75) is 31.9 Å². The maximum atomic E-state index is 13.7. The number of halogens is 4. The first-order valence-corrected chi connectivity index (χ1v) is 14.2. The number of amides is 2. The Hall–Kier alpha value is -3.73. The van der Waals surface area contributed by atoms with Crippen molar-refractivity contribution in [3.63, 3.8) is 0 Å². The number of aromatic nitrogens is 3. The molecule has 0 saturated carbocycles. The Kier molecular flexibility index (Phi) is 8.68. The highest BCUT2D eigenvalue weighted by Gasteiger charge is 2.40. The third-order valence-electron chi connectivity index (χ3n) is 8.18. The van der Waals surface area contributed by atoms with Gasteiger partial charge in [0.1, 0.15) is 5.82 Å². The van der Waals surface area contributed by atoms with Crippen molar-refractivity contribution < 1.29 is 22.8 Å².